The molecule has 12 rings (SSSR count). The molecular weight excluding hydrogens is 717 g/mol. The number of nitrogens with zero attached hydrogens (tertiary/aromatic N) is 4. The van der Waals surface area contributed by atoms with Gasteiger partial charge in [-0.2, -0.15) is 0 Å². The summed E-state index contributed by atoms with van der Waals surface area (Å²) in [4.78, 5) is 15.7. The highest BCUT2D eigenvalue weighted by atomic mass is 15.0. The van der Waals surface area contributed by atoms with E-state index >= 15 is 0 Å². The maximum Gasteiger partial charge on any atom is 0.164 e. The molecule has 4 nitrogen and oxygen atoms in total. The summed E-state index contributed by atoms with van der Waals surface area (Å²) in [5, 5.41) is 2.34. The monoisotopic (exact) mass is 754 g/mol. The molecule has 2 aliphatic rings. The van der Waals surface area contributed by atoms with Gasteiger partial charge in [0, 0.05) is 38.6 Å². The van der Waals surface area contributed by atoms with Gasteiger partial charge in [0.15, 0.2) is 17.5 Å². The van der Waals surface area contributed by atoms with Crippen molar-refractivity contribution in [3.05, 3.63) is 228 Å². The highest BCUT2D eigenvalue weighted by molar-refractivity contribution is 6.10. The highest BCUT2D eigenvalue weighted by Gasteiger charge is 2.53. The van der Waals surface area contributed by atoms with Gasteiger partial charge in [0.05, 0.1) is 16.4 Å². The van der Waals surface area contributed by atoms with E-state index in [0.717, 1.165) is 38.8 Å². The Morgan fingerprint density at radius 1 is 0.356 bits per heavy atom. The van der Waals surface area contributed by atoms with Gasteiger partial charge in [0.2, 0.25) is 0 Å². The van der Waals surface area contributed by atoms with Crippen LogP contribution in [-0.2, 0) is 10.8 Å². The average Bonchev–Trinajstić information content (AvgIpc) is 3.79. The molecule has 2 aromatic heterocycles. The Hall–Kier alpha value is -7.43. The minimum absolute atomic E-state index is 0.148. The molecule has 0 saturated carbocycles. The normalized spacial score (nSPS) is 14.2. The fourth-order valence-corrected chi connectivity index (χ4v) is 10.3. The highest BCUT2D eigenvalue weighted by Crippen LogP contribution is 2.62. The van der Waals surface area contributed by atoms with Crippen molar-refractivity contribution in [1.29, 1.82) is 0 Å². The molecule has 0 saturated heterocycles. The van der Waals surface area contributed by atoms with Crippen LogP contribution in [-0.4, -0.2) is 19.5 Å². The summed E-state index contributed by atoms with van der Waals surface area (Å²) in [6, 6.07) is 70.0. The van der Waals surface area contributed by atoms with Crippen molar-refractivity contribution < 1.29 is 0 Å². The summed E-state index contributed by atoms with van der Waals surface area (Å²) < 4.78 is 2.34. The molecule has 8 aromatic carbocycles. The summed E-state index contributed by atoms with van der Waals surface area (Å²) in [6.07, 6.45) is 0. The first-order chi connectivity index (χ1) is 29.0. The van der Waals surface area contributed by atoms with Crippen LogP contribution < -0.4 is 0 Å². The molecule has 0 N–H and O–H groups in total. The fraction of sp³-hybridized carbons (Fsp3) is 0.0727. The van der Waals surface area contributed by atoms with Crippen LogP contribution in [0, 0.1) is 0 Å². The van der Waals surface area contributed by atoms with Crippen LogP contribution >= 0.6 is 0 Å². The molecule has 4 heteroatoms. The predicted octanol–water partition coefficient (Wildman–Crippen LogP) is 13.0. The van der Waals surface area contributed by atoms with Crippen molar-refractivity contribution in [2.24, 2.45) is 0 Å². The van der Waals surface area contributed by atoms with Crippen LogP contribution in [0.4, 0.5) is 0 Å². The van der Waals surface area contributed by atoms with Crippen molar-refractivity contribution in [3.63, 3.8) is 0 Å². The number of hydrogen-bond acceptors (Lipinski definition) is 3. The molecular formula is C55H38N4. The average molecular weight is 755 g/mol. The molecule has 0 amide bonds. The van der Waals surface area contributed by atoms with Crippen LogP contribution in [0.15, 0.2) is 194 Å². The smallest absolute Gasteiger partial charge is 0.164 e. The molecule has 0 unspecified atom stereocenters. The van der Waals surface area contributed by atoms with Crippen LogP contribution in [0.1, 0.15) is 47.2 Å². The minimum atomic E-state index is -0.457. The van der Waals surface area contributed by atoms with E-state index in [-0.39, 0.29) is 5.41 Å². The van der Waals surface area contributed by atoms with Gasteiger partial charge in [-0.25, -0.2) is 15.0 Å². The van der Waals surface area contributed by atoms with Crippen LogP contribution in [0.2, 0.25) is 0 Å². The third kappa shape index (κ3) is 4.74. The van der Waals surface area contributed by atoms with E-state index in [1.54, 1.807) is 0 Å². The number of hydrogen-bond donors (Lipinski definition) is 0. The lowest BCUT2D eigenvalue weighted by Gasteiger charge is -2.46. The Kier molecular flexibility index (Phi) is 7.16. The molecule has 0 atom stereocenters. The van der Waals surface area contributed by atoms with E-state index in [9.17, 15) is 0 Å². The molecule has 0 fully saturated rings. The van der Waals surface area contributed by atoms with Crippen molar-refractivity contribution in [2.45, 2.75) is 24.7 Å². The predicted molar refractivity (Wildman–Crippen MR) is 240 cm³/mol. The number of rotatable bonds is 4. The number of benzene rings is 8. The van der Waals surface area contributed by atoms with Gasteiger partial charge in [0.25, 0.3) is 0 Å². The van der Waals surface area contributed by atoms with Crippen LogP contribution in [0.3, 0.4) is 0 Å². The fourth-order valence-electron chi connectivity index (χ4n) is 10.3. The Labute approximate surface area is 343 Å². The third-order valence-corrected chi connectivity index (χ3v) is 12.9. The zero-order chi connectivity index (χ0) is 39.3. The summed E-state index contributed by atoms with van der Waals surface area (Å²) >= 11 is 0. The molecule has 278 valence electrons. The van der Waals surface area contributed by atoms with E-state index in [0.29, 0.717) is 17.5 Å². The summed E-state index contributed by atoms with van der Waals surface area (Å²) in [6.45, 7) is 4.73. The minimum Gasteiger partial charge on any atom is -0.309 e. The first-order valence-electron chi connectivity index (χ1n) is 20.4. The van der Waals surface area contributed by atoms with E-state index < -0.39 is 5.41 Å². The molecule has 0 radical (unpaired) electrons. The van der Waals surface area contributed by atoms with Gasteiger partial charge in [-0.1, -0.05) is 166 Å². The maximum atomic E-state index is 5.30. The molecule has 2 aliphatic carbocycles. The van der Waals surface area contributed by atoms with E-state index in [1.807, 2.05) is 18.2 Å². The largest absolute Gasteiger partial charge is 0.309 e. The van der Waals surface area contributed by atoms with Crippen molar-refractivity contribution in [2.75, 3.05) is 0 Å². The second-order valence-electron chi connectivity index (χ2n) is 16.4. The molecule has 2 heterocycles. The standard InChI is InChI=1S/C55H38N4/c1-54(2)45-24-12-14-26-47(45)55(48-27-15-13-25-46(48)54)43-23-11-9-21-39(43)41-33-36(29-31-44(41)55)52-56-51(35-17-5-3-6-18-35)57-53(58-52)37-30-32-50-42(34-37)40-22-10-16-28-49(40)59(50)38-19-7-4-8-20-38/h3-34H,1-2H3. The molecule has 1 spiro atoms. The Morgan fingerprint density at radius 3 is 1.54 bits per heavy atom. The molecule has 10 aromatic rings. The second kappa shape index (κ2) is 12.5. The third-order valence-electron chi connectivity index (χ3n) is 12.9. The van der Waals surface area contributed by atoms with Gasteiger partial charge in [-0.05, 0) is 87.0 Å². The van der Waals surface area contributed by atoms with E-state index in [2.05, 4.69) is 194 Å². The second-order valence-corrected chi connectivity index (χ2v) is 16.4. The van der Waals surface area contributed by atoms with Gasteiger partial charge in [0.1, 0.15) is 0 Å². The first-order valence-corrected chi connectivity index (χ1v) is 20.4. The maximum absolute atomic E-state index is 5.30. The summed E-state index contributed by atoms with van der Waals surface area (Å²) in [7, 11) is 0. The van der Waals surface area contributed by atoms with Gasteiger partial charge < -0.3 is 4.57 Å². The SMILES string of the molecule is CC1(C)c2ccccc2C2(c3ccccc3-c3cc(-c4nc(-c5ccccc5)nc(-c5ccc6c(c5)c5ccccc5n6-c5ccccc5)n4)ccc32)c2ccccc21. The number of aromatic nitrogens is 4. The first kappa shape index (κ1) is 33.7. The van der Waals surface area contributed by atoms with Gasteiger partial charge in [-0.3, -0.25) is 0 Å². The van der Waals surface area contributed by atoms with Crippen molar-refractivity contribution in [3.8, 4) is 51.0 Å². The Balaban J connectivity index is 1.07. The van der Waals surface area contributed by atoms with Gasteiger partial charge >= 0.3 is 0 Å². The molecule has 59 heavy (non-hydrogen) atoms. The topological polar surface area (TPSA) is 43.6 Å². The zero-order valence-corrected chi connectivity index (χ0v) is 32.8. The molecule has 0 aliphatic heterocycles. The Bertz CT molecular complexity index is 3250. The Morgan fingerprint density at radius 2 is 0.847 bits per heavy atom. The number of fused-ring (bicyclic) bond motifs is 12. The zero-order valence-electron chi connectivity index (χ0n) is 32.8. The number of para-hydroxylation sites is 2. The lowest BCUT2D eigenvalue weighted by molar-refractivity contribution is 0.563. The van der Waals surface area contributed by atoms with E-state index in [1.165, 1.54) is 49.9 Å². The quantitative estimate of drug-likeness (QED) is 0.180. The lowest BCUT2D eigenvalue weighted by Crippen LogP contribution is -2.40. The van der Waals surface area contributed by atoms with Crippen molar-refractivity contribution in [1.82, 2.24) is 19.5 Å². The summed E-state index contributed by atoms with van der Waals surface area (Å²) in [5.41, 5.74) is 16.1. The van der Waals surface area contributed by atoms with Crippen molar-refractivity contribution >= 4 is 21.8 Å². The van der Waals surface area contributed by atoms with Crippen LogP contribution in [0.25, 0.3) is 72.8 Å². The molecule has 0 bridgehead atoms. The van der Waals surface area contributed by atoms with E-state index in [4.69, 9.17) is 15.0 Å². The van der Waals surface area contributed by atoms with Crippen LogP contribution in [0.5, 0.6) is 0 Å². The lowest BCUT2D eigenvalue weighted by atomic mass is 9.55. The summed E-state index contributed by atoms with van der Waals surface area (Å²) in [5.74, 6) is 1.93. The van der Waals surface area contributed by atoms with Gasteiger partial charge in [-0.15, -0.1) is 0 Å².